The van der Waals surface area contributed by atoms with Crippen molar-refractivity contribution in [1.29, 1.82) is 0 Å². The molecule has 1 saturated heterocycles. The molecule has 4 atom stereocenters. The van der Waals surface area contributed by atoms with Crippen molar-refractivity contribution in [2.45, 2.75) is 37.9 Å². The van der Waals surface area contributed by atoms with Crippen LogP contribution in [0.5, 0.6) is 5.75 Å². The maximum atomic E-state index is 11.4. The lowest BCUT2D eigenvalue weighted by Crippen LogP contribution is -2.51. The summed E-state index contributed by atoms with van der Waals surface area (Å²) < 4.78 is 16.2. The fourth-order valence-corrected chi connectivity index (χ4v) is 2.67. The number of hydrogen-bond acceptors (Lipinski definition) is 7. The molecule has 0 spiro atoms. The number of fused-ring (bicyclic) bond motifs is 1. The first-order valence-electron chi connectivity index (χ1n) is 7.31. The molecule has 1 aliphatic heterocycles. The number of aliphatic hydroxyl groups is 3. The van der Waals surface area contributed by atoms with Crippen molar-refractivity contribution in [1.82, 2.24) is 0 Å². The van der Waals surface area contributed by atoms with Crippen molar-refractivity contribution < 1.29 is 29.2 Å². The van der Waals surface area contributed by atoms with E-state index in [0.717, 1.165) is 10.9 Å². The van der Waals surface area contributed by atoms with Crippen LogP contribution in [0.4, 0.5) is 0 Å². The fourth-order valence-electron chi connectivity index (χ4n) is 2.67. The Morgan fingerprint density at radius 3 is 2.83 bits per heavy atom. The standard InChI is InChI=1S/C16H18O7/c1-8-4-14(19)22-12-5-9(2-3-10(8)12)21-15-6-11(18)16(20)13(7-17)23-15/h2-5,11,13,15-18,20H,6-7H2,1H3/t11-,13?,15-,16+/m1/s1. The number of aliphatic hydroxyl groups excluding tert-OH is 3. The van der Waals surface area contributed by atoms with E-state index in [9.17, 15) is 15.0 Å². The smallest absolute Gasteiger partial charge is 0.336 e. The lowest BCUT2D eigenvalue weighted by Gasteiger charge is -2.36. The minimum absolute atomic E-state index is 0.0630. The Kier molecular flexibility index (Phi) is 4.36. The van der Waals surface area contributed by atoms with Gasteiger partial charge < -0.3 is 29.2 Å². The highest BCUT2D eigenvalue weighted by atomic mass is 16.7. The third kappa shape index (κ3) is 3.23. The number of aryl methyl sites for hydroxylation is 1. The van der Waals surface area contributed by atoms with Crippen LogP contribution < -0.4 is 10.4 Å². The van der Waals surface area contributed by atoms with Gasteiger partial charge in [-0.15, -0.1) is 0 Å². The summed E-state index contributed by atoms with van der Waals surface area (Å²) in [5.74, 6) is 0.400. The molecule has 3 rings (SSSR count). The van der Waals surface area contributed by atoms with Gasteiger partial charge in [0, 0.05) is 23.9 Å². The summed E-state index contributed by atoms with van der Waals surface area (Å²) in [6.45, 7) is 1.39. The first-order valence-corrected chi connectivity index (χ1v) is 7.31. The molecule has 3 N–H and O–H groups in total. The van der Waals surface area contributed by atoms with Gasteiger partial charge in [0.1, 0.15) is 23.5 Å². The molecule has 2 heterocycles. The van der Waals surface area contributed by atoms with Crippen LogP contribution in [-0.2, 0) is 4.74 Å². The maximum absolute atomic E-state index is 11.4. The van der Waals surface area contributed by atoms with Crippen LogP contribution in [0, 0.1) is 6.92 Å². The van der Waals surface area contributed by atoms with Gasteiger partial charge >= 0.3 is 5.63 Å². The molecule has 23 heavy (non-hydrogen) atoms. The van der Waals surface area contributed by atoms with Crippen molar-refractivity contribution in [2.24, 2.45) is 0 Å². The molecule has 1 aromatic carbocycles. The van der Waals surface area contributed by atoms with Gasteiger partial charge in [0.25, 0.3) is 0 Å². The molecule has 1 aromatic heterocycles. The van der Waals surface area contributed by atoms with Crippen molar-refractivity contribution in [3.8, 4) is 5.75 Å². The van der Waals surface area contributed by atoms with Crippen molar-refractivity contribution in [2.75, 3.05) is 6.61 Å². The van der Waals surface area contributed by atoms with Gasteiger partial charge in [0.2, 0.25) is 6.29 Å². The number of benzene rings is 1. The predicted octanol–water partition coefficient (Wildman–Crippen LogP) is 0.309. The SMILES string of the molecule is Cc1cc(=O)oc2cc(O[C@H]3C[C@@H](O)[C@H](O)C(CO)O3)ccc12. The number of ether oxygens (including phenoxy) is 2. The molecule has 0 aliphatic carbocycles. The Hall–Kier alpha value is -1.93. The average Bonchev–Trinajstić information content (AvgIpc) is 2.50. The molecule has 2 aromatic rings. The molecule has 1 unspecified atom stereocenters. The summed E-state index contributed by atoms with van der Waals surface area (Å²) in [4.78, 5) is 11.4. The summed E-state index contributed by atoms with van der Waals surface area (Å²) >= 11 is 0. The van der Waals surface area contributed by atoms with Crippen LogP contribution in [0.3, 0.4) is 0 Å². The van der Waals surface area contributed by atoms with Crippen LogP contribution in [-0.4, -0.2) is 46.5 Å². The van der Waals surface area contributed by atoms with E-state index >= 15 is 0 Å². The first kappa shape index (κ1) is 15.9. The fraction of sp³-hybridized carbons (Fsp3) is 0.438. The lowest BCUT2D eigenvalue weighted by atomic mass is 10.0. The van der Waals surface area contributed by atoms with Gasteiger partial charge in [0.15, 0.2) is 0 Å². The van der Waals surface area contributed by atoms with Crippen molar-refractivity contribution in [3.05, 3.63) is 40.2 Å². The van der Waals surface area contributed by atoms with Gasteiger partial charge in [-0.25, -0.2) is 4.79 Å². The molecular formula is C16H18O7. The van der Waals surface area contributed by atoms with E-state index in [-0.39, 0.29) is 6.42 Å². The highest BCUT2D eigenvalue weighted by molar-refractivity contribution is 5.81. The molecule has 0 amide bonds. The van der Waals surface area contributed by atoms with Gasteiger partial charge in [-0.2, -0.15) is 0 Å². The highest BCUT2D eigenvalue weighted by Gasteiger charge is 2.37. The van der Waals surface area contributed by atoms with Crippen molar-refractivity contribution >= 4 is 11.0 Å². The van der Waals surface area contributed by atoms with Crippen LogP contribution >= 0.6 is 0 Å². The topological polar surface area (TPSA) is 109 Å². The zero-order valence-corrected chi connectivity index (χ0v) is 12.5. The Labute approximate surface area is 131 Å². The van der Waals surface area contributed by atoms with Crippen LogP contribution in [0.15, 0.2) is 33.5 Å². The first-order chi connectivity index (χ1) is 11.0. The third-order valence-corrected chi connectivity index (χ3v) is 3.91. The molecular weight excluding hydrogens is 304 g/mol. The monoisotopic (exact) mass is 322 g/mol. The summed E-state index contributed by atoms with van der Waals surface area (Å²) in [5, 5.41) is 29.4. The second-order valence-electron chi connectivity index (χ2n) is 5.60. The summed E-state index contributed by atoms with van der Waals surface area (Å²) in [6.07, 6.45) is -3.87. The zero-order valence-electron chi connectivity index (χ0n) is 12.5. The largest absolute Gasteiger partial charge is 0.465 e. The molecule has 1 aliphatic rings. The maximum Gasteiger partial charge on any atom is 0.336 e. The average molecular weight is 322 g/mol. The van der Waals surface area contributed by atoms with Gasteiger partial charge in [-0.05, 0) is 24.6 Å². The van der Waals surface area contributed by atoms with Crippen LogP contribution in [0.1, 0.15) is 12.0 Å². The number of rotatable bonds is 3. The van der Waals surface area contributed by atoms with E-state index in [1.807, 2.05) is 6.92 Å². The van der Waals surface area contributed by atoms with E-state index in [4.69, 9.17) is 19.0 Å². The Bertz CT molecular complexity index is 754. The predicted molar refractivity (Wildman–Crippen MR) is 80.2 cm³/mol. The van der Waals surface area contributed by atoms with Crippen LogP contribution in [0.25, 0.3) is 11.0 Å². The molecule has 0 saturated carbocycles. The van der Waals surface area contributed by atoms with E-state index < -0.39 is 36.8 Å². The summed E-state index contributed by atoms with van der Waals surface area (Å²) in [7, 11) is 0. The lowest BCUT2D eigenvalue weighted by molar-refractivity contribution is -0.229. The molecule has 7 nitrogen and oxygen atoms in total. The second kappa shape index (κ2) is 6.29. The highest BCUT2D eigenvalue weighted by Crippen LogP contribution is 2.26. The summed E-state index contributed by atoms with van der Waals surface area (Å²) in [6, 6.07) is 6.44. The van der Waals surface area contributed by atoms with E-state index in [1.165, 1.54) is 6.07 Å². The van der Waals surface area contributed by atoms with E-state index in [2.05, 4.69) is 0 Å². The molecule has 7 heteroatoms. The molecule has 1 fully saturated rings. The molecule has 124 valence electrons. The zero-order chi connectivity index (χ0) is 16.6. The van der Waals surface area contributed by atoms with Gasteiger partial charge in [0.05, 0.1) is 12.7 Å². The van der Waals surface area contributed by atoms with Gasteiger partial charge in [-0.3, -0.25) is 0 Å². The van der Waals surface area contributed by atoms with Gasteiger partial charge in [-0.1, -0.05) is 0 Å². The van der Waals surface area contributed by atoms with Crippen LogP contribution in [0.2, 0.25) is 0 Å². The number of hydrogen-bond donors (Lipinski definition) is 3. The Morgan fingerprint density at radius 1 is 1.30 bits per heavy atom. The minimum Gasteiger partial charge on any atom is -0.465 e. The third-order valence-electron chi connectivity index (χ3n) is 3.91. The Morgan fingerprint density at radius 2 is 2.09 bits per heavy atom. The van der Waals surface area contributed by atoms with E-state index in [1.54, 1.807) is 18.2 Å². The summed E-state index contributed by atoms with van der Waals surface area (Å²) in [5.41, 5.74) is 0.748. The Balaban J connectivity index is 1.83. The van der Waals surface area contributed by atoms with E-state index in [0.29, 0.717) is 11.3 Å². The van der Waals surface area contributed by atoms with Crippen molar-refractivity contribution in [3.63, 3.8) is 0 Å². The molecule has 0 bridgehead atoms. The second-order valence-corrected chi connectivity index (χ2v) is 5.60. The quantitative estimate of drug-likeness (QED) is 0.698. The minimum atomic E-state index is -1.16. The molecule has 0 radical (unpaired) electrons. The normalized spacial score (nSPS) is 28.0.